The molecule has 3 rings (SSSR count). The molecule has 0 aliphatic heterocycles. The molecule has 1 fully saturated rings. The molecule has 0 saturated heterocycles. The lowest BCUT2D eigenvalue weighted by Gasteiger charge is -2.29. The quantitative estimate of drug-likeness (QED) is 0.504. The lowest BCUT2D eigenvalue weighted by Crippen LogP contribution is -2.47. The number of benzene rings is 2. The van der Waals surface area contributed by atoms with E-state index in [1.165, 1.54) is 0 Å². The Kier molecular flexibility index (Phi) is 8.51. The maximum atomic E-state index is 13.1. The predicted octanol–water partition coefficient (Wildman–Crippen LogP) is 3.27. The summed E-state index contributed by atoms with van der Waals surface area (Å²) < 4.78 is 27.3. The molecule has 7 nitrogen and oxygen atoms in total. The highest BCUT2D eigenvalue weighted by atomic mass is 35.5. The smallest absolute Gasteiger partial charge is 0.242 e. The van der Waals surface area contributed by atoms with E-state index in [0.29, 0.717) is 24.5 Å². The van der Waals surface area contributed by atoms with Gasteiger partial charge in [-0.2, -0.15) is 0 Å². The number of nitrogens with zero attached hydrogens (tertiary/aromatic N) is 1. The fourth-order valence-corrected chi connectivity index (χ4v) is 4.84. The number of hydrogen-bond acceptors (Lipinski definition) is 4. The summed E-state index contributed by atoms with van der Waals surface area (Å²) in [6.45, 7) is 4.32. The van der Waals surface area contributed by atoms with E-state index in [4.69, 9.17) is 11.6 Å². The van der Waals surface area contributed by atoms with Gasteiger partial charge in [0.2, 0.25) is 21.8 Å². The number of carbonyl (C=O) groups is 2. The van der Waals surface area contributed by atoms with E-state index in [1.54, 1.807) is 48.2 Å². The van der Waals surface area contributed by atoms with Gasteiger partial charge in [-0.3, -0.25) is 9.59 Å². The van der Waals surface area contributed by atoms with Crippen molar-refractivity contribution in [3.8, 4) is 0 Å². The zero-order valence-electron chi connectivity index (χ0n) is 18.9. The molecule has 1 aliphatic rings. The number of halogens is 1. The number of amides is 2. The molecule has 0 aromatic heterocycles. The van der Waals surface area contributed by atoms with Gasteiger partial charge in [-0.15, -0.1) is 0 Å². The zero-order chi connectivity index (χ0) is 24.0. The van der Waals surface area contributed by atoms with Crippen LogP contribution in [0.1, 0.15) is 44.2 Å². The van der Waals surface area contributed by atoms with Gasteiger partial charge in [0.1, 0.15) is 6.04 Å². The lowest BCUT2D eigenvalue weighted by molar-refractivity contribution is -0.140. The summed E-state index contributed by atoms with van der Waals surface area (Å²) in [5, 5.41) is 3.37. The van der Waals surface area contributed by atoms with Gasteiger partial charge < -0.3 is 10.2 Å². The Hall–Kier alpha value is -2.42. The summed E-state index contributed by atoms with van der Waals surface area (Å²) in [5.41, 5.74) is 1.73. The highest BCUT2D eigenvalue weighted by molar-refractivity contribution is 7.89. The van der Waals surface area contributed by atoms with Gasteiger partial charge in [0.25, 0.3) is 0 Å². The molecule has 0 heterocycles. The third-order valence-electron chi connectivity index (χ3n) is 5.54. The molecule has 2 aromatic carbocycles. The Morgan fingerprint density at radius 2 is 1.67 bits per heavy atom. The maximum absolute atomic E-state index is 13.1. The summed E-state index contributed by atoms with van der Waals surface area (Å²) in [6, 6.07) is 13.2. The molecule has 0 radical (unpaired) electrons. The van der Waals surface area contributed by atoms with E-state index < -0.39 is 16.1 Å². The van der Waals surface area contributed by atoms with Crippen LogP contribution in [0.15, 0.2) is 53.4 Å². The third kappa shape index (κ3) is 7.28. The number of rotatable bonds is 11. The molecular formula is C24H30ClN3O4S. The van der Waals surface area contributed by atoms with Crippen molar-refractivity contribution in [2.75, 3.05) is 6.54 Å². The van der Waals surface area contributed by atoms with Crippen LogP contribution < -0.4 is 10.0 Å². The maximum Gasteiger partial charge on any atom is 0.242 e. The van der Waals surface area contributed by atoms with E-state index >= 15 is 0 Å². The Labute approximate surface area is 200 Å². The average Bonchev–Trinajstić information content (AvgIpc) is 3.60. The largest absolute Gasteiger partial charge is 0.355 e. The first kappa shape index (κ1) is 25.2. The van der Waals surface area contributed by atoms with Crippen molar-refractivity contribution in [3.63, 3.8) is 0 Å². The SMILES string of the molecule is CCNC(=O)[C@H](C)N(Cc1ccc(Cl)cc1)C(=O)CCc1ccc(S(=O)(=O)NC2CC2)cc1. The Morgan fingerprint density at radius 3 is 2.24 bits per heavy atom. The second kappa shape index (κ2) is 11.1. The second-order valence-corrected chi connectivity index (χ2v) is 10.4. The van der Waals surface area contributed by atoms with Crippen LogP contribution in [0.4, 0.5) is 0 Å². The number of likely N-dealkylation sites (N-methyl/N-ethyl adjacent to an activating group) is 1. The fourth-order valence-electron chi connectivity index (χ4n) is 3.41. The molecule has 0 spiro atoms. The van der Waals surface area contributed by atoms with Gasteiger partial charge in [0.15, 0.2) is 0 Å². The van der Waals surface area contributed by atoms with Gasteiger partial charge in [-0.25, -0.2) is 13.1 Å². The van der Waals surface area contributed by atoms with E-state index in [0.717, 1.165) is 24.0 Å². The minimum Gasteiger partial charge on any atom is -0.355 e. The molecule has 33 heavy (non-hydrogen) atoms. The van der Waals surface area contributed by atoms with E-state index in [2.05, 4.69) is 10.0 Å². The Morgan fingerprint density at radius 1 is 1.06 bits per heavy atom. The van der Waals surface area contributed by atoms with Crippen LogP contribution in [-0.4, -0.2) is 43.8 Å². The molecule has 2 amide bonds. The monoisotopic (exact) mass is 491 g/mol. The topological polar surface area (TPSA) is 95.6 Å². The van der Waals surface area contributed by atoms with Crippen molar-refractivity contribution in [3.05, 3.63) is 64.7 Å². The van der Waals surface area contributed by atoms with Gasteiger partial charge in [-0.05, 0) is 68.5 Å². The molecule has 178 valence electrons. The normalized spacial score (nSPS) is 14.5. The molecule has 0 bridgehead atoms. The number of sulfonamides is 1. The molecular weight excluding hydrogens is 462 g/mol. The van der Waals surface area contributed by atoms with Crippen molar-refractivity contribution >= 4 is 33.4 Å². The second-order valence-electron chi connectivity index (χ2n) is 8.26. The summed E-state index contributed by atoms with van der Waals surface area (Å²) in [5.74, 6) is -0.367. The van der Waals surface area contributed by atoms with E-state index in [-0.39, 0.29) is 29.2 Å². The number of nitrogens with one attached hydrogen (secondary N) is 2. The summed E-state index contributed by atoms with van der Waals surface area (Å²) in [6.07, 6.45) is 2.39. The van der Waals surface area contributed by atoms with E-state index in [9.17, 15) is 18.0 Å². The number of aryl methyl sites for hydroxylation is 1. The molecule has 9 heteroatoms. The van der Waals surface area contributed by atoms with E-state index in [1.807, 2.05) is 19.1 Å². The minimum atomic E-state index is -3.50. The molecule has 2 N–H and O–H groups in total. The first-order valence-electron chi connectivity index (χ1n) is 11.1. The molecule has 2 aromatic rings. The van der Waals surface area contributed by atoms with Gasteiger partial charge >= 0.3 is 0 Å². The molecule has 1 saturated carbocycles. The van der Waals surface area contributed by atoms with Crippen LogP contribution in [0.25, 0.3) is 0 Å². The van der Waals surface area contributed by atoms with Crippen LogP contribution in [0.5, 0.6) is 0 Å². The first-order chi connectivity index (χ1) is 15.7. The summed E-state index contributed by atoms with van der Waals surface area (Å²) in [7, 11) is -3.50. The van der Waals surface area contributed by atoms with Crippen LogP contribution in [0.3, 0.4) is 0 Å². The molecule has 1 atom stereocenters. The van der Waals surface area contributed by atoms with Crippen LogP contribution >= 0.6 is 11.6 Å². The third-order valence-corrected chi connectivity index (χ3v) is 7.33. The van der Waals surface area contributed by atoms with Crippen LogP contribution in [-0.2, 0) is 32.6 Å². The predicted molar refractivity (Wildman–Crippen MR) is 128 cm³/mol. The number of hydrogen-bond donors (Lipinski definition) is 2. The highest BCUT2D eigenvalue weighted by Crippen LogP contribution is 2.22. The van der Waals surface area contributed by atoms with Crippen molar-refractivity contribution < 1.29 is 18.0 Å². The summed E-state index contributed by atoms with van der Waals surface area (Å²) >= 11 is 5.96. The Bertz CT molecular complexity index is 1070. The minimum absolute atomic E-state index is 0.0471. The zero-order valence-corrected chi connectivity index (χ0v) is 20.5. The van der Waals surface area contributed by atoms with Crippen molar-refractivity contribution in [2.24, 2.45) is 0 Å². The average molecular weight is 492 g/mol. The lowest BCUT2D eigenvalue weighted by atomic mass is 10.1. The fraction of sp³-hybridized carbons (Fsp3) is 0.417. The van der Waals surface area contributed by atoms with Crippen molar-refractivity contribution in [2.45, 2.75) is 63.1 Å². The van der Waals surface area contributed by atoms with Crippen LogP contribution in [0.2, 0.25) is 5.02 Å². The summed E-state index contributed by atoms with van der Waals surface area (Å²) in [4.78, 5) is 27.3. The van der Waals surface area contributed by atoms with Crippen LogP contribution in [0, 0.1) is 0 Å². The molecule has 1 aliphatic carbocycles. The highest BCUT2D eigenvalue weighted by Gasteiger charge is 2.28. The van der Waals surface area contributed by atoms with Crippen molar-refractivity contribution in [1.29, 1.82) is 0 Å². The Balaban J connectivity index is 1.66. The van der Waals surface area contributed by atoms with Gasteiger partial charge in [0.05, 0.1) is 4.90 Å². The van der Waals surface area contributed by atoms with Gasteiger partial charge in [-0.1, -0.05) is 35.9 Å². The molecule has 0 unspecified atom stereocenters. The first-order valence-corrected chi connectivity index (χ1v) is 13.0. The van der Waals surface area contributed by atoms with Gasteiger partial charge in [0, 0.05) is 30.6 Å². The standard InChI is InChI=1S/C24H30ClN3O4S/c1-3-26-24(30)17(2)28(16-19-4-9-20(25)10-5-19)23(29)15-8-18-6-13-22(14-7-18)33(31,32)27-21-11-12-21/h4-7,9-10,13-14,17,21,27H,3,8,11-12,15-16H2,1-2H3,(H,26,30)/t17-/m0/s1. The number of carbonyl (C=O) groups excluding carboxylic acids is 2. The van der Waals surface area contributed by atoms with Crippen molar-refractivity contribution in [1.82, 2.24) is 14.9 Å².